The SMILES string of the molecule is O=CC(O)C(O)C(O)CCCO. The van der Waals surface area contributed by atoms with Crippen molar-refractivity contribution in [3.05, 3.63) is 0 Å². The number of hydrogen-bond donors (Lipinski definition) is 4. The van der Waals surface area contributed by atoms with E-state index in [1.165, 1.54) is 0 Å². The molecule has 0 aromatic rings. The number of aliphatic hydroxyl groups excluding tert-OH is 4. The Morgan fingerprint density at radius 3 is 2.25 bits per heavy atom. The molecule has 5 heteroatoms. The Labute approximate surface area is 70.3 Å². The molecular weight excluding hydrogens is 164 g/mol. The molecule has 72 valence electrons. The highest BCUT2D eigenvalue weighted by Gasteiger charge is 2.23. The molecular formula is C7H14O5. The van der Waals surface area contributed by atoms with E-state index in [0.717, 1.165) is 0 Å². The van der Waals surface area contributed by atoms with Crippen LogP contribution in [0.4, 0.5) is 0 Å². The molecule has 3 atom stereocenters. The van der Waals surface area contributed by atoms with Gasteiger partial charge in [0, 0.05) is 6.61 Å². The first kappa shape index (κ1) is 11.5. The van der Waals surface area contributed by atoms with Crippen molar-refractivity contribution in [3.63, 3.8) is 0 Å². The van der Waals surface area contributed by atoms with Crippen molar-refractivity contribution < 1.29 is 25.2 Å². The molecule has 0 heterocycles. The Balaban J connectivity index is 3.74. The third kappa shape index (κ3) is 3.77. The van der Waals surface area contributed by atoms with Crippen LogP contribution in [0, 0.1) is 0 Å². The van der Waals surface area contributed by atoms with Gasteiger partial charge in [0.1, 0.15) is 12.2 Å². The van der Waals surface area contributed by atoms with Gasteiger partial charge in [-0.15, -0.1) is 0 Å². The molecule has 0 rings (SSSR count). The summed E-state index contributed by atoms with van der Waals surface area (Å²) in [6.07, 6.45) is -3.55. The highest BCUT2D eigenvalue weighted by Crippen LogP contribution is 2.04. The van der Waals surface area contributed by atoms with Gasteiger partial charge in [-0.3, -0.25) is 0 Å². The molecule has 0 aliphatic rings. The van der Waals surface area contributed by atoms with Crippen LogP contribution in [0.3, 0.4) is 0 Å². The predicted octanol–water partition coefficient (Wildman–Crippen LogP) is -1.96. The fourth-order valence-electron chi connectivity index (χ4n) is 0.779. The average molecular weight is 178 g/mol. The van der Waals surface area contributed by atoms with Gasteiger partial charge in [-0.25, -0.2) is 0 Å². The second-order valence-corrected chi connectivity index (χ2v) is 2.55. The first-order valence-electron chi connectivity index (χ1n) is 3.73. The topological polar surface area (TPSA) is 98.0 Å². The van der Waals surface area contributed by atoms with Crippen molar-refractivity contribution >= 4 is 6.29 Å². The van der Waals surface area contributed by atoms with Crippen LogP contribution >= 0.6 is 0 Å². The molecule has 0 spiro atoms. The molecule has 0 aliphatic heterocycles. The molecule has 0 saturated heterocycles. The van der Waals surface area contributed by atoms with Gasteiger partial charge in [0.2, 0.25) is 0 Å². The van der Waals surface area contributed by atoms with E-state index in [2.05, 4.69) is 0 Å². The zero-order valence-corrected chi connectivity index (χ0v) is 6.63. The van der Waals surface area contributed by atoms with E-state index >= 15 is 0 Å². The van der Waals surface area contributed by atoms with Crippen LogP contribution in [0.15, 0.2) is 0 Å². The highest BCUT2D eigenvalue weighted by molar-refractivity contribution is 5.56. The summed E-state index contributed by atoms with van der Waals surface area (Å²) in [6, 6.07) is 0. The van der Waals surface area contributed by atoms with Crippen LogP contribution < -0.4 is 0 Å². The Kier molecular flexibility index (Phi) is 5.83. The van der Waals surface area contributed by atoms with Gasteiger partial charge in [0.25, 0.3) is 0 Å². The second kappa shape index (κ2) is 6.07. The molecule has 0 radical (unpaired) electrons. The number of carbonyl (C=O) groups excluding carboxylic acids is 1. The van der Waals surface area contributed by atoms with E-state index in [1.807, 2.05) is 0 Å². The van der Waals surface area contributed by atoms with Gasteiger partial charge in [-0.1, -0.05) is 0 Å². The molecule has 5 nitrogen and oxygen atoms in total. The van der Waals surface area contributed by atoms with Crippen molar-refractivity contribution in [2.75, 3.05) is 6.61 Å². The second-order valence-electron chi connectivity index (χ2n) is 2.55. The minimum absolute atomic E-state index is 0.0963. The Morgan fingerprint density at radius 1 is 1.25 bits per heavy atom. The molecule has 0 fully saturated rings. The lowest BCUT2D eigenvalue weighted by Gasteiger charge is -2.18. The molecule has 0 aromatic carbocycles. The third-order valence-corrected chi connectivity index (χ3v) is 1.54. The zero-order valence-electron chi connectivity index (χ0n) is 6.63. The Bertz CT molecular complexity index is 127. The van der Waals surface area contributed by atoms with E-state index in [0.29, 0.717) is 6.42 Å². The van der Waals surface area contributed by atoms with Gasteiger partial charge < -0.3 is 25.2 Å². The minimum Gasteiger partial charge on any atom is -0.396 e. The summed E-state index contributed by atoms with van der Waals surface area (Å²) in [6.45, 7) is -0.0963. The van der Waals surface area contributed by atoms with Gasteiger partial charge in [0.05, 0.1) is 6.10 Å². The van der Waals surface area contributed by atoms with Gasteiger partial charge in [0.15, 0.2) is 6.29 Å². The summed E-state index contributed by atoms with van der Waals surface area (Å²) >= 11 is 0. The maximum atomic E-state index is 9.95. The quantitative estimate of drug-likeness (QED) is 0.354. The van der Waals surface area contributed by atoms with Crippen molar-refractivity contribution in [2.24, 2.45) is 0 Å². The van der Waals surface area contributed by atoms with E-state index in [1.54, 1.807) is 0 Å². The minimum atomic E-state index is -1.56. The number of aldehydes is 1. The zero-order chi connectivity index (χ0) is 9.56. The largest absolute Gasteiger partial charge is 0.396 e. The van der Waals surface area contributed by atoms with Crippen LogP contribution in [0.2, 0.25) is 0 Å². The molecule has 0 amide bonds. The average Bonchev–Trinajstić information content (AvgIpc) is 2.11. The van der Waals surface area contributed by atoms with Gasteiger partial charge in [-0.05, 0) is 12.8 Å². The van der Waals surface area contributed by atoms with Gasteiger partial charge >= 0.3 is 0 Å². The molecule has 4 N–H and O–H groups in total. The fraction of sp³-hybridized carbons (Fsp3) is 0.857. The Morgan fingerprint density at radius 2 is 1.83 bits per heavy atom. The predicted molar refractivity (Wildman–Crippen MR) is 40.4 cm³/mol. The summed E-state index contributed by atoms with van der Waals surface area (Å²) in [5, 5.41) is 35.2. The summed E-state index contributed by atoms with van der Waals surface area (Å²) in [5.74, 6) is 0. The van der Waals surface area contributed by atoms with Crippen molar-refractivity contribution in [3.8, 4) is 0 Å². The van der Waals surface area contributed by atoms with Crippen LogP contribution in [0.5, 0.6) is 0 Å². The van der Waals surface area contributed by atoms with Crippen molar-refractivity contribution in [1.82, 2.24) is 0 Å². The number of carbonyl (C=O) groups is 1. The monoisotopic (exact) mass is 178 g/mol. The summed E-state index contributed by atoms with van der Waals surface area (Å²) < 4.78 is 0. The van der Waals surface area contributed by atoms with E-state index in [9.17, 15) is 4.79 Å². The maximum Gasteiger partial charge on any atom is 0.151 e. The van der Waals surface area contributed by atoms with Crippen LogP contribution in [0.1, 0.15) is 12.8 Å². The lowest BCUT2D eigenvalue weighted by molar-refractivity contribution is -0.126. The molecule has 0 bridgehead atoms. The molecule has 0 aromatic heterocycles. The lowest BCUT2D eigenvalue weighted by atomic mass is 10.0. The van der Waals surface area contributed by atoms with Gasteiger partial charge in [-0.2, -0.15) is 0 Å². The number of hydrogen-bond acceptors (Lipinski definition) is 5. The first-order valence-corrected chi connectivity index (χ1v) is 3.73. The summed E-state index contributed by atoms with van der Waals surface area (Å²) in [7, 11) is 0. The number of aliphatic hydroxyl groups is 4. The van der Waals surface area contributed by atoms with E-state index in [-0.39, 0.29) is 19.3 Å². The fourth-order valence-corrected chi connectivity index (χ4v) is 0.779. The van der Waals surface area contributed by atoms with E-state index < -0.39 is 18.3 Å². The molecule has 0 saturated carbocycles. The van der Waals surface area contributed by atoms with Crippen molar-refractivity contribution in [1.29, 1.82) is 0 Å². The van der Waals surface area contributed by atoms with Crippen molar-refractivity contribution in [2.45, 2.75) is 31.2 Å². The number of rotatable bonds is 6. The first-order chi connectivity index (χ1) is 5.63. The van der Waals surface area contributed by atoms with Crippen LogP contribution in [-0.2, 0) is 4.79 Å². The standard InChI is InChI=1S/C7H14O5/c8-3-1-2-5(10)7(12)6(11)4-9/h4-8,10-12H,1-3H2. The molecule has 0 aliphatic carbocycles. The maximum absolute atomic E-state index is 9.95. The lowest BCUT2D eigenvalue weighted by Crippen LogP contribution is -2.38. The summed E-state index contributed by atoms with van der Waals surface area (Å²) in [5.41, 5.74) is 0. The Hall–Kier alpha value is -0.490. The van der Waals surface area contributed by atoms with Crippen LogP contribution in [0.25, 0.3) is 0 Å². The third-order valence-electron chi connectivity index (χ3n) is 1.54. The molecule has 3 unspecified atom stereocenters. The smallest absolute Gasteiger partial charge is 0.151 e. The van der Waals surface area contributed by atoms with Crippen LogP contribution in [-0.4, -0.2) is 51.6 Å². The summed E-state index contributed by atoms with van der Waals surface area (Å²) in [4.78, 5) is 9.95. The normalized spacial score (nSPS) is 18.3. The highest BCUT2D eigenvalue weighted by atomic mass is 16.4. The molecule has 12 heavy (non-hydrogen) atoms. The van der Waals surface area contributed by atoms with E-state index in [4.69, 9.17) is 20.4 Å².